The van der Waals surface area contributed by atoms with Crippen LogP contribution in [-0.2, 0) is 11.0 Å². The SMILES string of the molecule is CCN(CC(=O)Nc1ccccc1C(F)(F)F)C(=O)c1ccc(OC(F)F)c(OC)c1. The predicted molar refractivity (Wildman–Crippen MR) is 101 cm³/mol. The van der Waals surface area contributed by atoms with Gasteiger partial charge in [-0.3, -0.25) is 9.59 Å². The van der Waals surface area contributed by atoms with Crippen LogP contribution in [0.5, 0.6) is 11.5 Å². The number of ether oxygens (including phenoxy) is 2. The number of halogens is 5. The molecule has 11 heteroatoms. The fourth-order valence-corrected chi connectivity index (χ4v) is 2.71. The number of carbonyl (C=O) groups excluding carboxylic acids is 2. The van der Waals surface area contributed by atoms with E-state index in [9.17, 15) is 31.5 Å². The Kier molecular flexibility index (Phi) is 7.78. The van der Waals surface area contributed by atoms with Crippen molar-refractivity contribution in [1.29, 1.82) is 0 Å². The largest absolute Gasteiger partial charge is 0.493 e. The van der Waals surface area contributed by atoms with Crippen LogP contribution >= 0.6 is 0 Å². The van der Waals surface area contributed by atoms with Gasteiger partial charge in [0.05, 0.1) is 18.4 Å². The maximum atomic E-state index is 13.1. The zero-order valence-electron chi connectivity index (χ0n) is 16.5. The van der Waals surface area contributed by atoms with Crippen molar-refractivity contribution >= 4 is 17.5 Å². The monoisotopic (exact) mass is 446 g/mol. The van der Waals surface area contributed by atoms with Gasteiger partial charge in [-0.1, -0.05) is 12.1 Å². The first-order valence-corrected chi connectivity index (χ1v) is 8.95. The average molecular weight is 446 g/mol. The number of hydrogen-bond acceptors (Lipinski definition) is 4. The maximum Gasteiger partial charge on any atom is 0.418 e. The van der Waals surface area contributed by atoms with Crippen LogP contribution in [0.1, 0.15) is 22.8 Å². The standard InChI is InChI=1S/C20H19F5N2O4/c1-3-27(11-17(28)26-14-7-5-4-6-13(14)20(23,24)25)18(29)12-8-9-15(31-19(21)22)16(10-12)30-2/h4-10,19H,3,11H2,1-2H3,(H,26,28). The summed E-state index contributed by atoms with van der Waals surface area (Å²) in [6.45, 7) is -1.99. The lowest BCUT2D eigenvalue weighted by Gasteiger charge is -2.22. The molecule has 1 N–H and O–H groups in total. The summed E-state index contributed by atoms with van der Waals surface area (Å²) >= 11 is 0. The second kappa shape index (κ2) is 10.1. The van der Waals surface area contributed by atoms with E-state index in [-0.39, 0.29) is 23.6 Å². The third kappa shape index (κ3) is 6.30. The zero-order chi connectivity index (χ0) is 23.2. The zero-order valence-corrected chi connectivity index (χ0v) is 16.5. The Hall–Kier alpha value is -3.37. The fourth-order valence-electron chi connectivity index (χ4n) is 2.71. The number of likely N-dealkylation sites (N-methyl/N-ethyl adjacent to an activating group) is 1. The average Bonchev–Trinajstić information content (AvgIpc) is 2.71. The molecule has 0 bridgehead atoms. The minimum atomic E-state index is -4.66. The molecule has 0 aromatic heterocycles. The van der Waals surface area contributed by atoms with Gasteiger partial charge in [-0.15, -0.1) is 0 Å². The normalized spacial score (nSPS) is 11.2. The van der Waals surface area contributed by atoms with Gasteiger partial charge in [0.15, 0.2) is 11.5 Å². The van der Waals surface area contributed by atoms with Crippen molar-refractivity contribution in [1.82, 2.24) is 4.90 Å². The van der Waals surface area contributed by atoms with Crippen LogP contribution in [0.4, 0.5) is 27.6 Å². The lowest BCUT2D eigenvalue weighted by Crippen LogP contribution is -2.38. The second-order valence-electron chi connectivity index (χ2n) is 6.15. The Morgan fingerprint density at radius 1 is 1.10 bits per heavy atom. The van der Waals surface area contributed by atoms with E-state index in [1.54, 1.807) is 6.92 Å². The molecule has 31 heavy (non-hydrogen) atoms. The summed E-state index contributed by atoms with van der Waals surface area (Å²) in [6.07, 6.45) is -4.66. The maximum absolute atomic E-state index is 13.1. The van der Waals surface area contributed by atoms with Crippen LogP contribution in [0.2, 0.25) is 0 Å². The van der Waals surface area contributed by atoms with Crippen LogP contribution in [0, 0.1) is 0 Å². The Labute approximate surface area is 174 Å². The van der Waals surface area contributed by atoms with Crippen molar-refractivity contribution < 1.29 is 41.0 Å². The van der Waals surface area contributed by atoms with E-state index in [2.05, 4.69) is 10.1 Å². The van der Waals surface area contributed by atoms with Crippen molar-refractivity contribution in [3.05, 3.63) is 53.6 Å². The second-order valence-corrected chi connectivity index (χ2v) is 6.15. The van der Waals surface area contributed by atoms with E-state index < -0.39 is 42.4 Å². The van der Waals surface area contributed by atoms with Crippen LogP contribution in [0.15, 0.2) is 42.5 Å². The van der Waals surface area contributed by atoms with Gasteiger partial charge in [-0.25, -0.2) is 0 Å². The molecule has 2 aromatic carbocycles. The van der Waals surface area contributed by atoms with Gasteiger partial charge in [0.25, 0.3) is 5.91 Å². The highest BCUT2D eigenvalue weighted by Gasteiger charge is 2.33. The third-order valence-corrected chi connectivity index (χ3v) is 4.14. The molecule has 0 radical (unpaired) electrons. The van der Waals surface area contributed by atoms with Gasteiger partial charge in [-0.2, -0.15) is 22.0 Å². The number of benzene rings is 2. The number of methoxy groups -OCH3 is 1. The molecular weight excluding hydrogens is 427 g/mol. The van der Waals surface area contributed by atoms with E-state index >= 15 is 0 Å². The highest BCUT2D eigenvalue weighted by Crippen LogP contribution is 2.34. The molecule has 2 rings (SSSR count). The topological polar surface area (TPSA) is 67.9 Å². The molecule has 0 aliphatic carbocycles. The minimum Gasteiger partial charge on any atom is -0.493 e. The minimum absolute atomic E-state index is 0.0174. The summed E-state index contributed by atoms with van der Waals surface area (Å²) in [4.78, 5) is 26.1. The Balaban J connectivity index is 2.16. The van der Waals surface area contributed by atoms with Crippen LogP contribution in [-0.4, -0.2) is 43.5 Å². The van der Waals surface area contributed by atoms with Crippen LogP contribution in [0.3, 0.4) is 0 Å². The molecule has 0 saturated heterocycles. The van der Waals surface area contributed by atoms with E-state index in [1.807, 2.05) is 0 Å². The van der Waals surface area contributed by atoms with Crippen LogP contribution in [0.25, 0.3) is 0 Å². The Morgan fingerprint density at radius 2 is 1.77 bits per heavy atom. The van der Waals surface area contributed by atoms with Crippen molar-refractivity contribution in [2.24, 2.45) is 0 Å². The summed E-state index contributed by atoms with van der Waals surface area (Å²) in [6, 6.07) is 7.95. The first kappa shape index (κ1) is 23.9. The quantitative estimate of drug-likeness (QED) is 0.610. The molecule has 168 valence electrons. The number of nitrogens with zero attached hydrogens (tertiary/aromatic N) is 1. The van der Waals surface area contributed by atoms with E-state index in [1.165, 1.54) is 31.4 Å². The smallest absolute Gasteiger partial charge is 0.418 e. The van der Waals surface area contributed by atoms with Crippen molar-refractivity contribution in [2.45, 2.75) is 19.7 Å². The number of anilines is 1. The molecule has 2 aromatic rings. The third-order valence-electron chi connectivity index (χ3n) is 4.14. The molecule has 0 fully saturated rings. The molecule has 0 atom stereocenters. The Bertz CT molecular complexity index is 934. The Morgan fingerprint density at radius 3 is 2.35 bits per heavy atom. The summed E-state index contributed by atoms with van der Waals surface area (Å²) in [5.41, 5.74) is -1.43. The molecule has 0 aliphatic heterocycles. The summed E-state index contributed by atoms with van der Waals surface area (Å²) in [5.74, 6) is -1.88. The van der Waals surface area contributed by atoms with Gasteiger partial charge < -0.3 is 19.7 Å². The van der Waals surface area contributed by atoms with Crippen molar-refractivity contribution in [3.63, 3.8) is 0 Å². The molecule has 0 aliphatic rings. The van der Waals surface area contributed by atoms with Gasteiger partial charge in [-0.05, 0) is 37.3 Å². The first-order valence-electron chi connectivity index (χ1n) is 8.95. The molecule has 0 heterocycles. The number of nitrogens with one attached hydrogen (secondary N) is 1. The summed E-state index contributed by atoms with van der Waals surface area (Å²) in [5, 5.41) is 2.16. The van der Waals surface area contributed by atoms with Gasteiger partial charge in [0.1, 0.15) is 6.54 Å². The van der Waals surface area contributed by atoms with E-state index in [0.29, 0.717) is 0 Å². The number of rotatable bonds is 8. The molecule has 0 spiro atoms. The van der Waals surface area contributed by atoms with E-state index in [4.69, 9.17) is 4.74 Å². The molecule has 0 saturated carbocycles. The number of alkyl halides is 5. The first-order chi connectivity index (χ1) is 14.6. The van der Waals surface area contributed by atoms with Crippen LogP contribution < -0.4 is 14.8 Å². The van der Waals surface area contributed by atoms with Crippen molar-refractivity contribution in [3.8, 4) is 11.5 Å². The number of amides is 2. The number of para-hydroxylation sites is 1. The van der Waals surface area contributed by atoms with Gasteiger partial charge in [0.2, 0.25) is 5.91 Å². The van der Waals surface area contributed by atoms with Gasteiger partial charge in [0, 0.05) is 12.1 Å². The van der Waals surface area contributed by atoms with Crippen molar-refractivity contribution in [2.75, 3.05) is 25.5 Å². The molecule has 2 amide bonds. The molecule has 0 unspecified atom stereocenters. The lowest BCUT2D eigenvalue weighted by molar-refractivity contribution is -0.137. The highest BCUT2D eigenvalue weighted by atomic mass is 19.4. The highest BCUT2D eigenvalue weighted by molar-refractivity contribution is 6.00. The predicted octanol–water partition coefficient (Wildman–Crippen LogP) is 4.42. The molecular formula is C20H19F5N2O4. The molecule has 6 nitrogen and oxygen atoms in total. The fraction of sp³-hybridized carbons (Fsp3) is 0.300. The summed E-state index contributed by atoms with van der Waals surface area (Å²) in [7, 11) is 1.20. The lowest BCUT2D eigenvalue weighted by atomic mass is 10.1. The summed E-state index contributed by atoms with van der Waals surface area (Å²) < 4.78 is 73.3. The number of hydrogen-bond donors (Lipinski definition) is 1. The van der Waals surface area contributed by atoms with E-state index in [0.717, 1.165) is 23.1 Å². The van der Waals surface area contributed by atoms with Gasteiger partial charge >= 0.3 is 12.8 Å². The number of carbonyl (C=O) groups is 2.